The normalized spacial score (nSPS) is 17.9. The fraction of sp³-hybridized carbons (Fsp3) is 0.647. The summed E-state index contributed by atoms with van der Waals surface area (Å²) in [6.07, 6.45) is 7.70. The second-order valence-corrected chi connectivity index (χ2v) is 6.39. The molecule has 2 rings (SSSR count). The molecule has 0 spiro atoms. The van der Waals surface area contributed by atoms with Crippen molar-refractivity contribution < 1.29 is 14.2 Å². The summed E-state index contributed by atoms with van der Waals surface area (Å²) in [7, 11) is 3.32. The van der Waals surface area contributed by atoms with Gasteiger partial charge in [-0.05, 0) is 25.0 Å². The van der Waals surface area contributed by atoms with Gasteiger partial charge in [0.1, 0.15) is 0 Å². The van der Waals surface area contributed by atoms with Gasteiger partial charge in [-0.1, -0.05) is 47.7 Å². The second kappa shape index (κ2) is 7.92. The standard InChI is InChI=1S/C17H25BrO3/c1-19-14-8-7-9-15(20-2)16(14)21-13-17(12-18)10-5-3-4-6-11-17/h7-9H,3-6,10-13H2,1-2H3. The lowest BCUT2D eigenvalue weighted by Crippen LogP contribution is -2.30. The number of rotatable bonds is 6. The summed E-state index contributed by atoms with van der Waals surface area (Å²) in [6, 6.07) is 5.73. The molecular weight excluding hydrogens is 332 g/mol. The third kappa shape index (κ3) is 4.06. The molecule has 0 amide bonds. The molecule has 1 aromatic carbocycles. The number of alkyl halides is 1. The number of benzene rings is 1. The predicted molar refractivity (Wildman–Crippen MR) is 89.0 cm³/mol. The average Bonchev–Trinajstić information content (AvgIpc) is 2.78. The zero-order valence-corrected chi connectivity index (χ0v) is 14.6. The Labute approximate surface area is 136 Å². The van der Waals surface area contributed by atoms with Crippen molar-refractivity contribution in [3.63, 3.8) is 0 Å². The van der Waals surface area contributed by atoms with Crippen LogP contribution in [-0.4, -0.2) is 26.2 Å². The lowest BCUT2D eigenvalue weighted by molar-refractivity contribution is 0.141. The number of hydrogen-bond acceptors (Lipinski definition) is 3. The van der Waals surface area contributed by atoms with E-state index in [9.17, 15) is 0 Å². The maximum absolute atomic E-state index is 6.16. The smallest absolute Gasteiger partial charge is 0.203 e. The van der Waals surface area contributed by atoms with Gasteiger partial charge < -0.3 is 14.2 Å². The molecule has 1 fully saturated rings. The maximum Gasteiger partial charge on any atom is 0.203 e. The highest BCUT2D eigenvalue weighted by atomic mass is 79.9. The minimum Gasteiger partial charge on any atom is -0.493 e. The van der Waals surface area contributed by atoms with E-state index in [2.05, 4.69) is 15.9 Å². The molecule has 4 heteroatoms. The van der Waals surface area contributed by atoms with E-state index in [-0.39, 0.29) is 5.41 Å². The van der Waals surface area contributed by atoms with E-state index in [0.717, 1.165) is 16.8 Å². The molecule has 1 aliphatic rings. The van der Waals surface area contributed by atoms with Gasteiger partial charge in [-0.25, -0.2) is 0 Å². The summed E-state index contributed by atoms with van der Waals surface area (Å²) in [5.41, 5.74) is 0.225. The van der Waals surface area contributed by atoms with Crippen molar-refractivity contribution in [2.24, 2.45) is 5.41 Å². The third-order valence-corrected chi connectivity index (χ3v) is 5.54. The molecule has 118 valence electrons. The van der Waals surface area contributed by atoms with Crippen molar-refractivity contribution in [3.8, 4) is 17.2 Å². The molecule has 0 aromatic heterocycles. The van der Waals surface area contributed by atoms with Crippen molar-refractivity contribution in [2.75, 3.05) is 26.2 Å². The molecule has 1 saturated carbocycles. The molecule has 1 aliphatic carbocycles. The number of hydrogen-bond donors (Lipinski definition) is 0. The quantitative estimate of drug-likeness (QED) is 0.540. The van der Waals surface area contributed by atoms with Gasteiger partial charge in [-0.3, -0.25) is 0 Å². The van der Waals surface area contributed by atoms with Crippen molar-refractivity contribution >= 4 is 15.9 Å². The summed E-state index contributed by atoms with van der Waals surface area (Å²) in [5, 5.41) is 0.984. The largest absolute Gasteiger partial charge is 0.493 e. The molecule has 0 heterocycles. The maximum atomic E-state index is 6.16. The summed E-state index contributed by atoms with van der Waals surface area (Å²) >= 11 is 3.71. The van der Waals surface area contributed by atoms with Crippen LogP contribution in [0.5, 0.6) is 17.2 Å². The van der Waals surface area contributed by atoms with Crippen LogP contribution < -0.4 is 14.2 Å². The topological polar surface area (TPSA) is 27.7 Å². The molecule has 0 saturated heterocycles. The van der Waals surface area contributed by atoms with E-state index in [1.54, 1.807) is 14.2 Å². The number of halogens is 1. The van der Waals surface area contributed by atoms with Gasteiger partial charge in [-0.15, -0.1) is 0 Å². The molecule has 0 atom stereocenters. The van der Waals surface area contributed by atoms with Crippen molar-refractivity contribution in [2.45, 2.75) is 38.5 Å². The fourth-order valence-electron chi connectivity index (χ4n) is 2.98. The van der Waals surface area contributed by atoms with Crippen molar-refractivity contribution in [1.29, 1.82) is 0 Å². The van der Waals surface area contributed by atoms with Gasteiger partial charge in [-0.2, -0.15) is 0 Å². The second-order valence-electron chi connectivity index (χ2n) is 5.83. The molecule has 21 heavy (non-hydrogen) atoms. The number of ether oxygens (including phenoxy) is 3. The molecule has 0 N–H and O–H groups in total. The van der Waals surface area contributed by atoms with Crippen LogP contribution in [0.4, 0.5) is 0 Å². The minimum atomic E-state index is 0.225. The lowest BCUT2D eigenvalue weighted by atomic mass is 9.83. The van der Waals surface area contributed by atoms with Crippen LogP contribution in [-0.2, 0) is 0 Å². The van der Waals surface area contributed by atoms with Crippen LogP contribution in [0.15, 0.2) is 18.2 Å². The first-order chi connectivity index (χ1) is 10.2. The molecule has 0 unspecified atom stereocenters. The van der Waals surface area contributed by atoms with Gasteiger partial charge in [0.2, 0.25) is 5.75 Å². The Morgan fingerprint density at radius 2 is 1.57 bits per heavy atom. The molecule has 0 radical (unpaired) electrons. The van der Waals surface area contributed by atoms with E-state index in [1.165, 1.54) is 38.5 Å². The van der Waals surface area contributed by atoms with Crippen LogP contribution in [0.25, 0.3) is 0 Å². The van der Waals surface area contributed by atoms with Crippen LogP contribution >= 0.6 is 15.9 Å². The van der Waals surface area contributed by atoms with Gasteiger partial charge in [0.25, 0.3) is 0 Å². The zero-order valence-electron chi connectivity index (χ0n) is 13.0. The highest BCUT2D eigenvalue weighted by Gasteiger charge is 2.31. The Morgan fingerprint density at radius 1 is 1.00 bits per heavy atom. The Hall–Kier alpha value is -0.900. The lowest BCUT2D eigenvalue weighted by Gasteiger charge is -2.31. The molecule has 3 nitrogen and oxygen atoms in total. The SMILES string of the molecule is COc1cccc(OC)c1OCC1(CBr)CCCCCC1. The predicted octanol–water partition coefficient (Wildman–Crippen LogP) is 4.82. The first-order valence-corrected chi connectivity index (χ1v) is 8.76. The number of methoxy groups -OCH3 is 2. The van der Waals surface area contributed by atoms with Crippen LogP contribution in [0.1, 0.15) is 38.5 Å². The Morgan fingerprint density at radius 3 is 2.05 bits per heavy atom. The summed E-state index contributed by atoms with van der Waals surface area (Å²) < 4.78 is 17.0. The van der Waals surface area contributed by atoms with E-state index < -0.39 is 0 Å². The monoisotopic (exact) mass is 356 g/mol. The first-order valence-electron chi connectivity index (χ1n) is 7.64. The summed E-state index contributed by atoms with van der Waals surface area (Å²) in [4.78, 5) is 0. The molecule has 1 aromatic rings. The Bertz CT molecular complexity index is 417. The number of para-hydroxylation sites is 1. The van der Waals surface area contributed by atoms with Gasteiger partial charge >= 0.3 is 0 Å². The van der Waals surface area contributed by atoms with Gasteiger partial charge in [0, 0.05) is 10.7 Å². The molecular formula is C17H25BrO3. The van der Waals surface area contributed by atoms with Crippen molar-refractivity contribution in [3.05, 3.63) is 18.2 Å². The zero-order chi connectivity index (χ0) is 15.1. The average molecular weight is 357 g/mol. The van der Waals surface area contributed by atoms with Gasteiger partial charge in [0.05, 0.1) is 20.8 Å². The first kappa shape index (κ1) is 16.5. The summed E-state index contributed by atoms with van der Waals surface area (Å²) in [6.45, 7) is 0.703. The van der Waals surface area contributed by atoms with Crippen LogP contribution in [0.2, 0.25) is 0 Å². The van der Waals surface area contributed by atoms with E-state index in [0.29, 0.717) is 12.4 Å². The van der Waals surface area contributed by atoms with Crippen LogP contribution in [0.3, 0.4) is 0 Å². The highest BCUT2D eigenvalue weighted by molar-refractivity contribution is 9.09. The van der Waals surface area contributed by atoms with E-state index in [4.69, 9.17) is 14.2 Å². The molecule has 0 bridgehead atoms. The Balaban J connectivity index is 2.13. The third-order valence-electron chi connectivity index (χ3n) is 4.35. The van der Waals surface area contributed by atoms with E-state index >= 15 is 0 Å². The Kier molecular flexibility index (Phi) is 6.22. The fourth-order valence-corrected chi connectivity index (χ4v) is 3.70. The highest BCUT2D eigenvalue weighted by Crippen LogP contribution is 2.41. The van der Waals surface area contributed by atoms with E-state index in [1.807, 2.05) is 18.2 Å². The molecule has 0 aliphatic heterocycles. The van der Waals surface area contributed by atoms with Crippen LogP contribution in [0, 0.1) is 5.41 Å². The van der Waals surface area contributed by atoms with Gasteiger partial charge in [0.15, 0.2) is 11.5 Å². The summed E-state index contributed by atoms with van der Waals surface area (Å²) in [5.74, 6) is 2.17. The van der Waals surface area contributed by atoms with Crippen molar-refractivity contribution in [1.82, 2.24) is 0 Å². The minimum absolute atomic E-state index is 0.225.